The first-order valence-electron chi connectivity index (χ1n) is 4.48. The number of alkyl halides is 2. The number of aromatic nitrogens is 1. The molecule has 4 heteroatoms. The Morgan fingerprint density at radius 1 is 1.43 bits per heavy atom. The highest BCUT2D eigenvalue weighted by molar-refractivity contribution is 9.25. The van der Waals surface area contributed by atoms with Gasteiger partial charge in [0.15, 0.2) is 0 Å². The molecule has 0 aromatic carbocycles. The Morgan fingerprint density at radius 2 is 2.21 bits per heavy atom. The molecule has 1 aromatic rings. The Labute approximate surface area is 99.4 Å². The molecule has 0 aliphatic heterocycles. The lowest BCUT2D eigenvalue weighted by atomic mass is 10.1. The minimum Gasteiger partial charge on any atom is -0.290 e. The van der Waals surface area contributed by atoms with E-state index in [1.807, 2.05) is 12.1 Å². The van der Waals surface area contributed by atoms with Crippen LogP contribution in [0.5, 0.6) is 0 Å². The molecule has 1 aliphatic carbocycles. The quantitative estimate of drug-likeness (QED) is 0.543. The minimum atomic E-state index is -0.612. The zero-order valence-electron chi connectivity index (χ0n) is 7.46. The normalized spacial score (nSPS) is 20.0. The number of rotatable bonds is 0. The number of hydrogen-bond acceptors (Lipinski definition) is 2. The lowest BCUT2D eigenvalue weighted by molar-refractivity contribution is 0.0977. The number of Topliss-reactive ketones (excluding diaryl/α,β-unsaturated/α-hetero) is 1. The van der Waals surface area contributed by atoms with Gasteiger partial charge in [-0.05, 0) is 30.9 Å². The molecule has 1 heterocycles. The van der Waals surface area contributed by atoms with Crippen LogP contribution in [-0.2, 0) is 6.42 Å². The van der Waals surface area contributed by atoms with E-state index in [1.165, 1.54) is 0 Å². The van der Waals surface area contributed by atoms with E-state index in [4.69, 9.17) is 0 Å². The summed E-state index contributed by atoms with van der Waals surface area (Å²) in [4.78, 5) is 16.1. The Balaban J connectivity index is 2.51. The highest BCUT2D eigenvalue weighted by Crippen LogP contribution is 2.38. The van der Waals surface area contributed by atoms with Gasteiger partial charge in [-0.15, -0.1) is 0 Å². The number of halogens is 2. The van der Waals surface area contributed by atoms with Gasteiger partial charge in [0, 0.05) is 6.20 Å². The standard InChI is InChI=1S/C10H9Br2NO/c11-10(12)5-1-3-7-4-2-6-13-8(7)9(10)14/h2,4,6H,1,3,5H2. The second-order valence-electron chi connectivity index (χ2n) is 3.40. The van der Waals surface area contributed by atoms with Crippen molar-refractivity contribution in [2.75, 3.05) is 0 Å². The molecule has 2 rings (SSSR count). The van der Waals surface area contributed by atoms with Crippen LogP contribution in [0.1, 0.15) is 28.9 Å². The van der Waals surface area contributed by atoms with Gasteiger partial charge >= 0.3 is 0 Å². The first-order valence-corrected chi connectivity index (χ1v) is 6.06. The van der Waals surface area contributed by atoms with Gasteiger partial charge in [0.25, 0.3) is 0 Å². The molecule has 0 atom stereocenters. The molecule has 0 saturated carbocycles. The van der Waals surface area contributed by atoms with Crippen molar-refractivity contribution in [2.24, 2.45) is 0 Å². The summed E-state index contributed by atoms with van der Waals surface area (Å²) >= 11 is 6.81. The number of carbonyl (C=O) groups excluding carboxylic acids is 1. The summed E-state index contributed by atoms with van der Waals surface area (Å²) in [5.74, 6) is 0.0330. The average molecular weight is 319 g/mol. The largest absolute Gasteiger partial charge is 0.290 e. The zero-order valence-corrected chi connectivity index (χ0v) is 10.6. The number of aryl methyl sites for hydroxylation is 1. The summed E-state index contributed by atoms with van der Waals surface area (Å²) in [5.41, 5.74) is 1.65. The van der Waals surface area contributed by atoms with Gasteiger partial charge in [-0.25, -0.2) is 0 Å². The molecule has 0 spiro atoms. The lowest BCUT2D eigenvalue weighted by Gasteiger charge is -2.15. The first kappa shape index (κ1) is 10.3. The molecule has 0 fully saturated rings. The fourth-order valence-electron chi connectivity index (χ4n) is 1.63. The number of nitrogens with zero attached hydrogens (tertiary/aromatic N) is 1. The van der Waals surface area contributed by atoms with Crippen molar-refractivity contribution in [3.05, 3.63) is 29.6 Å². The van der Waals surface area contributed by atoms with Crippen molar-refractivity contribution in [2.45, 2.75) is 22.5 Å². The van der Waals surface area contributed by atoms with E-state index in [2.05, 4.69) is 36.8 Å². The number of carbonyl (C=O) groups is 1. The SMILES string of the molecule is O=C1c2ncccc2CCCC1(Br)Br. The van der Waals surface area contributed by atoms with Crippen molar-refractivity contribution in [3.63, 3.8) is 0 Å². The summed E-state index contributed by atoms with van der Waals surface area (Å²) in [6.45, 7) is 0. The minimum absolute atomic E-state index is 0.0330. The van der Waals surface area contributed by atoms with Crippen molar-refractivity contribution < 1.29 is 4.79 Å². The summed E-state index contributed by atoms with van der Waals surface area (Å²) in [7, 11) is 0. The number of ketones is 1. The molecular formula is C10H9Br2NO. The molecule has 0 unspecified atom stereocenters. The molecule has 0 radical (unpaired) electrons. The van der Waals surface area contributed by atoms with Crippen LogP contribution in [0.25, 0.3) is 0 Å². The van der Waals surface area contributed by atoms with Gasteiger partial charge in [-0.2, -0.15) is 0 Å². The molecule has 14 heavy (non-hydrogen) atoms. The highest BCUT2D eigenvalue weighted by Gasteiger charge is 2.36. The fraction of sp³-hybridized carbons (Fsp3) is 0.400. The topological polar surface area (TPSA) is 30.0 Å². The third kappa shape index (κ3) is 1.77. The van der Waals surface area contributed by atoms with E-state index in [0.717, 1.165) is 24.8 Å². The first-order chi connectivity index (χ1) is 6.61. The second-order valence-corrected chi connectivity index (χ2v) is 7.17. The van der Waals surface area contributed by atoms with Crippen LogP contribution in [0, 0.1) is 0 Å². The third-order valence-corrected chi connectivity index (χ3v) is 3.89. The average Bonchev–Trinajstić information content (AvgIpc) is 2.27. The summed E-state index contributed by atoms with van der Waals surface area (Å²) in [6, 6.07) is 3.85. The predicted molar refractivity (Wildman–Crippen MR) is 62.1 cm³/mol. The van der Waals surface area contributed by atoms with E-state index >= 15 is 0 Å². The van der Waals surface area contributed by atoms with Gasteiger partial charge in [-0.3, -0.25) is 9.78 Å². The van der Waals surface area contributed by atoms with E-state index in [9.17, 15) is 4.79 Å². The summed E-state index contributed by atoms with van der Waals surface area (Å²) in [6.07, 6.45) is 4.37. The van der Waals surface area contributed by atoms with Crippen LogP contribution in [0.4, 0.5) is 0 Å². The molecule has 1 aromatic heterocycles. The Bertz CT molecular complexity index is 376. The van der Waals surface area contributed by atoms with E-state index in [-0.39, 0.29) is 5.78 Å². The predicted octanol–water partition coefficient (Wildman–Crippen LogP) is 3.09. The van der Waals surface area contributed by atoms with Crippen LogP contribution in [0.3, 0.4) is 0 Å². The summed E-state index contributed by atoms with van der Waals surface area (Å²) in [5, 5.41) is 0. The van der Waals surface area contributed by atoms with Crippen LogP contribution in [0.15, 0.2) is 18.3 Å². The molecule has 0 bridgehead atoms. The molecule has 1 aliphatic rings. The summed E-state index contributed by atoms with van der Waals surface area (Å²) < 4.78 is -0.612. The molecular weight excluding hydrogens is 310 g/mol. The second kappa shape index (κ2) is 3.74. The fourth-order valence-corrected chi connectivity index (χ4v) is 2.57. The van der Waals surface area contributed by atoms with Crippen molar-refractivity contribution >= 4 is 37.6 Å². The highest BCUT2D eigenvalue weighted by atomic mass is 79.9. The van der Waals surface area contributed by atoms with Gasteiger partial charge in [0.2, 0.25) is 5.78 Å². The van der Waals surface area contributed by atoms with Gasteiger partial charge < -0.3 is 0 Å². The maximum absolute atomic E-state index is 12.0. The van der Waals surface area contributed by atoms with Crippen LogP contribution >= 0.6 is 31.9 Å². The molecule has 2 nitrogen and oxygen atoms in total. The molecule has 0 saturated heterocycles. The van der Waals surface area contributed by atoms with Crippen molar-refractivity contribution in [1.82, 2.24) is 4.98 Å². The van der Waals surface area contributed by atoms with E-state index in [1.54, 1.807) is 6.20 Å². The maximum atomic E-state index is 12.0. The maximum Gasteiger partial charge on any atom is 0.208 e. The molecule has 0 amide bonds. The van der Waals surface area contributed by atoms with Gasteiger partial charge in [0.05, 0.1) is 0 Å². The van der Waals surface area contributed by atoms with Crippen LogP contribution < -0.4 is 0 Å². The van der Waals surface area contributed by atoms with Crippen molar-refractivity contribution in [3.8, 4) is 0 Å². The molecule has 0 N–H and O–H groups in total. The number of pyridine rings is 1. The van der Waals surface area contributed by atoms with E-state index in [0.29, 0.717) is 5.69 Å². The Kier molecular flexibility index (Phi) is 2.75. The van der Waals surface area contributed by atoms with Crippen LogP contribution in [0.2, 0.25) is 0 Å². The smallest absolute Gasteiger partial charge is 0.208 e. The lowest BCUT2D eigenvalue weighted by Crippen LogP contribution is -2.24. The van der Waals surface area contributed by atoms with Crippen molar-refractivity contribution in [1.29, 1.82) is 0 Å². The Hall–Kier alpha value is -0.220. The molecule has 74 valence electrons. The van der Waals surface area contributed by atoms with Crippen LogP contribution in [-0.4, -0.2) is 14.0 Å². The number of hydrogen-bond donors (Lipinski definition) is 0. The Morgan fingerprint density at radius 3 is 3.00 bits per heavy atom. The third-order valence-electron chi connectivity index (χ3n) is 2.38. The van der Waals surface area contributed by atoms with Gasteiger partial charge in [0.1, 0.15) is 8.93 Å². The van der Waals surface area contributed by atoms with E-state index < -0.39 is 3.23 Å². The van der Waals surface area contributed by atoms with Gasteiger partial charge in [-0.1, -0.05) is 37.9 Å². The zero-order chi connectivity index (χ0) is 10.2. The monoisotopic (exact) mass is 317 g/mol. The number of fused-ring (bicyclic) bond motifs is 1.